The van der Waals surface area contributed by atoms with Crippen molar-refractivity contribution in [3.63, 3.8) is 0 Å². The molecule has 0 bridgehead atoms. The molecule has 29 heavy (non-hydrogen) atoms. The molecule has 1 aromatic heterocycles. The largest absolute Gasteiger partial charge is 0.394 e. The van der Waals surface area contributed by atoms with Gasteiger partial charge in [0.15, 0.2) is 0 Å². The third-order valence-electron chi connectivity index (χ3n) is 5.48. The van der Waals surface area contributed by atoms with E-state index in [0.717, 1.165) is 28.5 Å². The van der Waals surface area contributed by atoms with Crippen LogP contribution in [0.4, 0.5) is 0 Å². The highest BCUT2D eigenvalue weighted by Gasteiger charge is 2.39. The van der Waals surface area contributed by atoms with E-state index in [1.807, 2.05) is 30.4 Å². The van der Waals surface area contributed by atoms with Gasteiger partial charge in [-0.2, -0.15) is 0 Å². The lowest BCUT2D eigenvalue weighted by molar-refractivity contribution is 0.0868. The Morgan fingerprint density at radius 1 is 1.14 bits per heavy atom. The van der Waals surface area contributed by atoms with Crippen LogP contribution in [0.2, 0.25) is 4.34 Å². The van der Waals surface area contributed by atoms with Crippen molar-refractivity contribution in [2.75, 3.05) is 6.61 Å². The molecule has 164 valence electrons. The molecule has 5 nitrogen and oxygen atoms in total. The zero-order valence-electron chi connectivity index (χ0n) is 16.6. The molecule has 5 N–H and O–H groups in total. The van der Waals surface area contributed by atoms with Crippen LogP contribution in [0, 0.1) is 11.8 Å². The highest BCUT2D eigenvalue weighted by molar-refractivity contribution is 7.16. The average Bonchev–Trinajstić information content (AvgIpc) is 3.23. The van der Waals surface area contributed by atoms with Crippen LogP contribution in [0.3, 0.4) is 0 Å². The molecule has 6 atom stereocenters. The van der Waals surface area contributed by atoms with Crippen molar-refractivity contribution in [2.24, 2.45) is 11.8 Å². The Morgan fingerprint density at radius 3 is 2.62 bits per heavy atom. The lowest BCUT2D eigenvalue weighted by Gasteiger charge is -2.19. The number of unbranched alkanes of at least 4 members (excludes halogenated alkanes) is 1. The average molecular weight is 445 g/mol. The van der Waals surface area contributed by atoms with Gasteiger partial charge in [-0.25, -0.2) is 0 Å². The van der Waals surface area contributed by atoms with Crippen LogP contribution in [0.5, 0.6) is 0 Å². The third-order valence-corrected chi connectivity index (χ3v) is 6.77. The summed E-state index contributed by atoms with van der Waals surface area (Å²) in [4.78, 5) is 1.13. The Labute approximate surface area is 182 Å². The standard InChI is InChI=1S/C22H33ClO5S/c23-22-12-10-17(29-22)9-7-15(25)8-11-19-18(20(27)13-21(19)28)6-4-2-1-3-5-16(26)14-24/h2,4,8,10-12,15-16,18-21,24-28H,1,3,5-7,9,13-14H2/t15-,16?,18+,19+,20-,21+/m0/s1. The summed E-state index contributed by atoms with van der Waals surface area (Å²) in [6.07, 6.45) is 9.66. The lowest BCUT2D eigenvalue weighted by Crippen LogP contribution is -2.20. The van der Waals surface area contributed by atoms with E-state index in [-0.39, 0.29) is 18.4 Å². The molecule has 7 heteroatoms. The van der Waals surface area contributed by atoms with Gasteiger partial charge in [0.25, 0.3) is 0 Å². The summed E-state index contributed by atoms with van der Waals surface area (Å²) in [5.41, 5.74) is 0. The van der Waals surface area contributed by atoms with E-state index in [1.165, 1.54) is 11.3 Å². The fourth-order valence-corrected chi connectivity index (χ4v) is 4.87. The number of aliphatic hydroxyl groups is 5. The van der Waals surface area contributed by atoms with Gasteiger partial charge in [-0.05, 0) is 56.6 Å². The van der Waals surface area contributed by atoms with E-state index in [9.17, 15) is 20.4 Å². The van der Waals surface area contributed by atoms with Gasteiger partial charge in [0.05, 0.1) is 35.4 Å². The maximum atomic E-state index is 10.3. The smallest absolute Gasteiger partial charge is 0.0931 e. The van der Waals surface area contributed by atoms with Crippen molar-refractivity contribution in [3.8, 4) is 0 Å². The predicted molar refractivity (Wildman–Crippen MR) is 117 cm³/mol. The number of halogens is 1. The predicted octanol–water partition coefficient (Wildman–Crippen LogP) is 3.08. The zero-order chi connectivity index (χ0) is 21.2. The molecule has 0 aliphatic heterocycles. The number of aliphatic hydroxyl groups excluding tert-OH is 5. The summed E-state index contributed by atoms with van der Waals surface area (Å²) in [6.45, 7) is -0.212. The SMILES string of the molecule is OCC(O)CCCC=CC[C@@H]1[C@@H](C=C[C@@H](O)CCc2ccc(Cl)s2)[C@H](O)C[C@@H]1O. The number of rotatable bonds is 12. The first-order chi connectivity index (χ1) is 13.9. The van der Waals surface area contributed by atoms with Gasteiger partial charge in [0, 0.05) is 17.2 Å². The van der Waals surface area contributed by atoms with Gasteiger partial charge in [-0.15, -0.1) is 11.3 Å². The Morgan fingerprint density at radius 2 is 1.93 bits per heavy atom. The molecule has 1 unspecified atom stereocenters. The molecule has 1 fully saturated rings. The first-order valence-corrected chi connectivity index (χ1v) is 11.5. The topological polar surface area (TPSA) is 101 Å². The van der Waals surface area contributed by atoms with Gasteiger partial charge >= 0.3 is 0 Å². The van der Waals surface area contributed by atoms with E-state index in [0.29, 0.717) is 25.7 Å². The molecule has 0 aromatic carbocycles. The summed E-state index contributed by atoms with van der Waals surface area (Å²) in [7, 11) is 0. The molecule has 1 aliphatic carbocycles. The van der Waals surface area contributed by atoms with Crippen LogP contribution in [0.25, 0.3) is 0 Å². The van der Waals surface area contributed by atoms with Crippen molar-refractivity contribution in [3.05, 3.63) is 45.7 Å². The van der Waals surface area contributed by atoms with E-state index in [1.54, 1.807) is 6.08 Å². The number of hydrogen-bond donors (Lipinski definition) is 5. The minimum absolute atomic E-state index is 0.0798. The Balaban J connectivity index is 1.79. The maximum Gasteiger partial charge on any atom is 0.0931 e. The van der Waals surface area contributed by atoms with Crippen LogP contribution in [0.1, 0.15) is 43.4 Å². The molecule has 1 aliphatic rings. The van der Waals surface area contributed by atoms with E-state index in [2.05, 4.69) is 0 Å². The molecule has 1 aromatic rings. The van der Waals surface area contributed by atoms with Gasteiger partial charge < -0.3 is 25.5 Å². The van der Waals surface area contributed by atoms with E-state index < -0.39 is 24.4 Å². The molecule has 0 saturated heterocycles. The summed E-state index contributed by atoms with van der Waals surface area (Å²) < 4.78 is 0.744. The second-order valence-corrected chi connectivity index (χ2v) is 9.58. The summed E-state index contributed by atoms with van der Waals surface area (Å²) in [5.74, 6) is -0.263. The highest BCUT2D eigenvalue weighted by Crippen LogP contribution is 2.36. The normalized spacial score (nSPS) is 27.2. The molecular formula is C22H33ClO5S. The number of aryl methyl sites for hydroxylation is 1. The van der Waals surface area contributed by atoms with E-state index >= 15 is 0 Å². The quantitative estimate of drug-likeness (QED) is 0.252. The molecule has 0 spiro atoms. The van der Waals surface area contributed by atoms with Gasteiger partial charge in [-0.3, -0.25) is 0 Å². The second kappa shape index (κ2) is 12.8. The van der Waals surface area contributed by atoms with Crippen LogP contribution in [-0.4, -0.2) is 56.6 Å². The van der Waals surface area contributed by atoms with Gasteiger partial charge in [-0.1, -0.05) is 35.9 Å². The van der Waals surface area contributed by atoms with Crippen molar-refractivity contribution in [1.82, 2.24) is 0 Å². The van der Waals surface area contributed by atoms with Gasteiger partial charge in [0.2, 0.25) is 0 Å². The first kappa shape index (κ1) is 24.5. The molecule has 1 saturated carbocycles. The van der Waals surface area contributed by atoms with E-state index in [4.69, 9.17) is 16.7 Å². The maximum absolute atomic E-state index is 10.3. The van der Waals surface area contributed by atoms with Gasteiger partial charge in [0.1, 0.15) is 0 Å². The molecular weight excluding hydrogens is 412 g/mol. The van der Waals surface area contributed by atoms with Crippen molar-refractivity contribution in [1.29, 1.82) is 0 Å². The van der Waals surface area contributed by atoms with Crippen molar-refractivity contribution < 1.29 is 25.5 Å². The monoisotopic (exact) mass is 444 g/mol. The summed E-state index contributed by atoms with van der Waals surface area (Å²) >= 11 is 7.44. The summed E-state index contributed by atoms with van der Waals surface area (Å²) in [6, 6.07) is 3.82. The zero-order valence-corrected chi connectivity index (χ0v) is 18.2. The fourth-order valence-electron chi connectivity index (χ4n) is 3.77. The second-order valence-electron chi connectivity index (χ2n) is 7.78. The number of hydrogen-bond acceptors (Lipinski definition) is 6. The minimum Gasteiger partial charge on any atom is -0.394 e. The number of allylic oxidation sites excluding steroid dienone is 2. The van der Waals surface area contributed by atoms with Crippen molar-refractivity contribution in [2.45, 2.75) is 69.4 Å². The Kier molecular flexibility index (Phi) is 10.9. The first-order valence-electron chi connectivity index (χ1n) is 10.3. The fraction of sp³-hybridized carbons (Fsp3) is 0.636. The number of thiophene rings is 1. The molecule has 0 amide bonds. The molecule has 1 heterocycles. The molecule has 0 radical (unpaired) electrons. The Hall–Kier alpha value is -0.730. The lowest BCUT2D eigenvalue weighted by atomic mass is 9.89. The third kappa shape index (κ3) is 8.50. The van der Waals surface area contributed by atoms with Crippen LogP contribution < -0.4 is 0 Å². The van der Waals surface area contributed by atoms with Crippen LogP contribution in [-0.2, 0) is 6.42 Å². The highest BCUT2D eigenvalue weighted by atomic mass is 35.5. The van der Waals surface area contributed by atoms with Crippen molar-refractivity contribution >= 4 is 22.9 Å². The van der Waals surface area contributed by atoms with Crippen LogP contribution in [0.15, 0.2) is 36.4 Å². The minimum atomic E-state index is -0.659. The van der Waals surface area contributed by atoms with Crippen LogP contribution >= 0.6 is 22.9 Å². The molecule has 2 rings (SSSR count). The Bertz CT molecular complexity index is 647. The summed E-state index contributed by atoms with van der Waals surface area (Å²) in [5, 5.41) is 49.0.